The zero-order chi connectivity index (χ0) is 19.5. The minimum atomic E-state index is -0.178. The fourth-order valence-electron chi connectivity index (χ4n) is 2.86. The normalized spacial score (nSPS) is 10.9. The van der Waals surface area contributed by atoms with Gasteiger partial charge in [-0.25, -0.2) is 4.98 Å². The molecule has 0 fully saturated rings. The molecule has 0 aliphatic carbocycles. The summed E-state index contributed by atoms with van der Waals surface area (Å²) in [4.78, 5) is 30.3. The van der Waals surface area contributed by atoms with Crippen LogP contribution in [0, 0.1) is 0 Å². The molecular weight excluding hydrogens is 392 g/mol. The van der Waals surface area contributed by atoms with Crippen LogP contribution >= 0.6 is 23.4 Å². The SMILES string of the molecule is O=C(CSc1nc2ccccc2c(=O)n1-c1ccc(Cl)cc1)c1ccccc1. The maximum absolute atomic E-state index is 13.1. The van der Waals surface area contributed by atoms with Gasteiger partial charge in [-0.05, 0) is 36.4 Å². The molecule has 28 heavy (non-hydrogen) atoms. The molecule has 4 aromatic rings. The second kappa shape index (κ2) is 8.00. The predicted molar refractivity (Wildman–Crippen MR) is 114 cm³/mol. The van der Waals surface area contributed by atoms with Gasteiger partial charge >= 0.3 is 0 Å². The topological polar surface area (TPSA) is 52.0 Å². The molecule has 0 spiro atoms. The molecule has 0 saturated carbocycles. The summed E-state index contributed by atoms with van der Waals surface area (Å²) in [6.07, 6.45) is 0. The van der Waals surface area contributed by atoms with Crippen molar-refractivity contribution in [2.75, 3.05) is 5.75 Å². The van der Waals surface area contributed by atoms with Crippen LogP contribution in [0.2, 0.25) is 5.02 Å². The largest absolute Gasteiger partial charge is 0.293 e. The van der Waals surface area contributed by atoms with Gasteiger partial charge in [-0.3, -0.25) is 14.2 Å². The van der Waals surface area contributed by atoms with E-state index >= 15 is 0 Å². The summed E-state index contributed by atoms with van der Waals surface area (Å²) in [7, 11) is 0. The van der Waals surface area contributed by atoms with Crippen LogP contribution in [0.15, 0.2) is 88.8 Å². The third-order valence-electron chi connectivity index (χ3n) is 4.26. The predicted octanol–water partition coefficient (Wildman–Crippen LogP) is 5.01. The molecule has 4 nitrogen and oxygen atoms in total. The molecule has 4 rings (SSSR count). The highest BCUT2D eigenvalue weighted by Crippen LogP contribution is 2.23. The second-order valence-corrected chi connectivity index (χ2v) is 7.49. The van der Waals surface area contributed by atoms with E-state index < -0.39 is 0 Å². The Morgan fingerprint density at radius 2 is 1.61 bits per heavy atom. The van der Waals surface area contributed by atoms with Gasteiger partial charge in [-0.15, -0.1) is 0 Å². The lowest BCUT2D eigenvalue weighted by molar-refractivity contribution is 0.102. The van der Waals surface area contributed by atoms with Crippen molar-refractivity contribution < 1.29 is 4.79 Å². The smallest absolute Gasteiger partial charge is 0.266 e. The van der Waals surface area contributed by atoms with E-state index in [1.54, 1.807) is 48.5 Å². The number of carbonyl (C=O) groups is 1. The molecule has 1 aromatic heterocycles. The summed E-state index contributed by atoms with van der Waals surface area (Å²) in [5.74, 6) is 0.165. The number of Topliss-reactive ketones (excluding diaryl/α,β-unsaturated/α-hetero) is 1. The van der Waals surface area contributed by atoms with Crippen LogP contribution in [-0.2, 0) is 0 Å². The highest BCUT2D eigenvalue weighted by molar-refractivity contribution is 7.99. The lowest BCUT2D eigenvalue weighted by atomic mass is 10.2. The van der Waals surface area contributed by atoms with E-state index in [1.807, 2.05) is 30.3 Å². The molecule has 138 valence electrons. The number of fused-ring (bicyclic) bond motifs is 1. The number of para-hydroxylation sites is 1. The van der Waals surface area contributed by atoms with Gasteiger partial charge in [0.05, 0.1) is 22.3 Å². The minimum absolute atomic E-state index is 0.0179. The summed E-state index contributed by atoms with van der Waals surface area (Å²) in [5, 5.41) is 1.57. The molecule has 6 heteroatoms. The van der Waals surface area contributed by atoms with Crippen LogP contribution in [0.1, 0.15) is 10.4 Å². The molecule has 0 N–H and O–H groups in total. The van der Waals surface area contributed by atoms with E-state index in [1.165, 1.54) is 16.3 Å². The number of benzene rings is 3. The molecule has 0 aliphatic heterocycles. The third-order valence-corrected chi connectivity index (χ3v) is 5.45. The Morgan fingerprint density at radius 1 is 0.929 bits per heavy atom. The first-order chi connectivity index (χ1) is 13.6. The maximum Gasteiger partial charge on any atom is 0.266 e. The number of hydrogen-bond acceptors (Lipinski definition) is 4. The average Bonchev–Trinajstić information content (AvgIpc) is 2.74. The first-order valence-electron chi connectivity index (χ1n) is 8.62. The molecule has 0 unspecified atom stereocenters. The molecule has 0 bridgehead atoms. The van der Waals surface area contributed by atoms with Gasteiger partial charge in [0.2, 0.25) is 0 Å². The zero-order valence-corrected chi connectivity index (χ0v) is 16.3. The van der Waals surface area contributed by atoms with E-state index in [4.69, 9.17) is 11.6 Å². The number of nitrogens with zero attached hydrogens (tertiary/aromatic N) is 2. The van der Waals surface area contributed by atoms with Gasteiger partial charge in [-0.1, -0.05) is 65.8 Å². The van der Waals surface area contributed by atoms with Crippen molar-refractivity contribution in [3.05, 3.63) is 99.8 Å². The van der Waals surface area contributed by atoms with Crippen molar-refractivity contribution >= 4 is 40.0 Å². The highest BCUT2D eigenvalue weighted by atomic mass is 35.5. The number of ketones is 1. The van der Waals surface area contributed by atoms with Crippen molar-refractivity contribution in [2.24, 2.45) is 0 Å². The number of halogens is 1. The van der Waals surface area contributed by atoms with E-state index in [-0.39, 0.29) is 17.1 Å². The first kappa shape index (κ1) is 18.5. The van der Waals surface area contributed by atoms with Gasteiger partial charge in [0, 0.05) is 10.6 Å². The molecular formula is C22H15ClN2O2S. The van der Waals surface area contributed by atoms with Crippen LogP contribution in [0.3, 0.4) is 0 Å². The number of carbonyl (C=O) groups excluding carboxylic acids is 1. The van der Waals surface area contributed by atoms with Crippen molar-refractivity contribution in [1.29, 1.82) is 0 Å². The molecule has 1 heterocycles. The minimum Gasteiger partial charge on any atom is -0.293 e. The number of aromatic nitrogens is 2. The van der Waals surface area contributed by atoms with Gasteiger partial charge in [0.25, 0.3) is 5.56 Å². The molecule has 3 aromatic carbocycles. The number of hydrogen-bond donors (Lipinski definition) is 0. The Labute approximate surface area is 170 Å². The van der Waals surface area contributed by atoms with E-state index in [9.17, 15) is 9.59 Å². The van der Waals surface area contributed by atoms with Gasteiger partial charge in [0.15, 0.2) is 10.9 Å². The van der Waals surface area contributed by atoms with Crippen molar-refractivity contribution in [3.63, 3.8) is 0 Å². The van der Waals surface area contributed by atoms with Crippen LogP contribution in [0.25, 0.3) is 16.6 Å². The second-order valence-electron chi connectivity index (χ2n) is 6.11. The fraction of sp³-hybridized carbons (Fsp3) is 0.0455. The lowest BCUT2D eigenvalue weighted by Gasteiger charge is -2.13. The van der Waals surface area contributed by atoms with Gasteiger partial charge < -0.3 is 0 Å². The molecule has 0 radical (unpaired) electrons. The Balaban J connectivity index is 1.77. The molecule has 0 saturated heterocycles. The average molecular weight is 407 g/mol. The summed E-state index contributed by atoms with van der Waals surface area (Å²) >= 11 is 7.24. The van der Waals surface area contributed by atoms with Gasteiger partial charge in [0.1, 0.15) is 0 Å². The highest BCUT2D eigenvalue weighted by Gasteiger charge is 2.15. The van der Waals surface area contributed by atoms with Crippen molar-refractivity contribution in [2.45, 2.75) is 5.16 Å². The quantitative estimate of drug-likeness (QED) is 0.265. The molecule has 0 amide bonds. The summed E-state index contributed by atoms with van der Waals surface area (Å²) in [5.41, 5.74) is 1.72. The van der Waals surface area contributed by atoms with E-state index in [0.29, 0.717) is 32.3 Å². The van der Waals surface area contributed by atoms with Crippen molar-refractivity contribution in [3.8, 4) is 5.69 Å². The molecule has 0 atom stereocenters. The number of rotatable bonds is 5. The van der Waals surface area contributed by atoms with Crippen LogP contribution in [0.4, 0.5) is 0 Å². The Bertz CT molecular complexity index is 1200. The van der Waals surface area contributed by atoms with Crippen LogP contribution in [-0.4, -0.2) is 21.1 Å². The maximum atomic E-state index is 13.1. The van der Waals surface area contributed by atoms with Gasteiger partial charge in [-0.2, -0.15) is 0 Å². The summed E-state index contributed by atoms with van der Waals surface area (Å²) in [6.45, 7) is 0. The van der Waals surface area contributed by atoms with Crippen LogP contribution < -0.4 is 5.56 Å². The van der Waals surface area contributed by atoms with Crippen molar-refractivity contribution in [1.82, 2.24) is 9.55 Å². The molecule has 0 aliphatic rings. The Kier molecular flexibility index (Phi) is 5.28. The number of thioether (sulfide) groups is 1. The van der Waals surface area contributed by atoms with E-state index in [0.717, 1.165) is 0 Å². The summed E-state index contributed by atoms with van der Waals surface area (Å²) < 4.78 is 1.53. The Hall–Kier alpha value is -2.89. The Morgan fingerprint density at radius 3 is 2.36 bits per heavy atom. The van der Waals surface area contributed by atoms with E-state index in [2.05, 4.69) is 4.98 Å². The summed E-state index contributed by atoms with van der Waals surface area (Å²) in [6, 6.07) is 23.3. The zero-order valence-electron chi connectivity index (χ0n) is 14.7. The first-order valence-corrected chi connectivity index (χ1v) is 9.98. The standard InChI is InChI=1S/C22H15ClN2O2S/c23-16-10-12-17(13-11-16)25-21(27)18-8-4-5-9-19(18)24-22(25)28-14-20(26)15-6-2-1-3-7-15/h1-13H,14H2. The fourth-order valence-corrected chi connectivity index (χ4v) is 3.90. The monoisotopic (exact) mass is 406 g/mol. The lowest BCUT2D eigenvalue weighted by Crippen LogP contribution is -2.22. The van der Waals surface area contributed by atoms with Crippen LogP contribution in [0.5, 0.6) is 0 Å². The third kappa shape index (κ3) is 3.72.